The minimum absolute atomic E-state index is 0.271. The van der Waals surface area contributed by atoms with Crippen molar-refractivity contribution in [1.82, 2.24) is 0 Å². The second-order valence-electron chi connectivity index (χ2n) is 6.40. The van der Waals surface area contributed by atoms with Crippen molar-refractivity contribution in [3.63, 3.8) is 0 Å². The van der Waals surface area contributed by atoms with Crippen LogP contribution >= 0.6 is 0 Å². The minimum Gasteiger partial charge on any atom is -0.211 e. The Morgan fingerprint density at radius 3 is 2.20 bits per heavy atom. The van der Waals surface area contributed by atoms with E-state index >= 15 is 0 Å². The maximum absolute atomic E-state index is 10.8. The molecule has 0 N–H and O–H groups in total. The van der Waals surface area contributed by atoms with Crippen LogP contribution in [0.1, 0.15) is 74.8 Å². The minimum atomic E-state index is -0.271. The van der Waals surface area contributed by atoms with Crippen LogP contribution in [0.25, 0.3) is 0 Å². The average molecular weight is 269 g/mol. The van der Waals surface area contributed by atoms with Crippen molar-refractivity contribution in [1.29, 1.82) is 0 Å². The van der Waals surface area contributed by atoms with Gasteiger partial charge >= 0.3 is 0 Å². The zero-order valence-corrected chi connectivity index (χ0v) is 12.1. The van der Waals surface area contributed by atoms with Crippen molar-refractivity contribution < 1.29 is 4.79 Å². The highest BCUT2D eigenvalue weighted by Crippen LogP contribution is 2.42. The lowest BCUT2D eigenvalue weighted by Gasteiger charge is -2.25. The van der Waals surface area contributed by atoms with Gasteiger partial charge in [-0.05, 0) is 42.7 Å². The maximum Gasteiger partial charge on any atom is 0.235 e. The fourth-order valence-electron chi connectivity index (χ4n) is 4.01. The Morgan fingerprint density at radius 1 is 0.950 bits per heavy atom. The lowest BCUT2D eigenvalue weighted by atomic mass is 9.82. The van der Waals surface area contributed by atoms with E-state index in [2.05, 4.69) is 29.3 Å². The maximum atomic E-state index is 10.8. The van der Waals surface area contributed by atoms with Crippen LogP contribution in [-0.2, 0) is 10.3 Å². The fourth-order valence-corrected chi connectivity index (χ4v) is 4.01. The predicted molar refractivity (Wildman–Crippen MR) is 80.5 cm³/mol. The van der Waals surface area contributed by atoms with E-state index in [0.29, 0.717) is 0 Å². The summed E-state index contributed by atoms with van der Waals surface area (Å²) in [6.45, 7) is 0. The third kappa shape index (κ3) is 2.58. The summed E-state index contributed by atoms with van der Waals surface area (Å²) >= 11 is 0. The first-order valence-corrected chi connectivity index (χ1v) is 8.03. The Bertz CT molecular complexity index is 487. The van der Waals surface area contributed by atoms with Crippen LogP contribution < -0.4 is 0 Å². The molecule has 2 aliphatic rings. The Kier molecular flexibility index (Phi) is 4.03. The van der Waals surface area contributed by atoms with Gasteiger partial charge in [-0.1, -0.05) is 56.4 Å². The topological polar surface area (TPSA) is 29.4 Å². The normalized spacial score (nSPS) is 22.4. The first kappa shape index (κ1) is 13.6. The number of hydrogen-bond acceptors (Lipinski definition) is 2. The summed E-state index contributed by atoms with van der Waals surface area (Å²) in [6, 6.07) is 8.95. The van der Waals surface area contributed by atoms with Gasteiger partial charge in [0.05, 0.1) is 5.54 Å². The van der Waals surface area contributed by atoms with Gasteiger partial charge in [0.1, 0.15) is 0 Å². The predicted octanol–water partition coefficient (Wildman–Crippen LogP) is 4.84. The Labute approximate surface area is 121 Å². The summed E-state index contributed by atoms with van der Waals surface area (Å²) in [5.74, 6) is 0.743. The fraction of sp³-hybridized carbons (Fsp3) is 0.611. The SMILES string of the molecule is O=C=NC1(c2ccc(C3CCCCC3)cc2)CCCC1. The van der Waals surface area contributed by atoms with Gasteiger partial charge in [-0.15, -0.1) is 0 Å². The second-order valence-corrected chi connectivity index (χ2v) is 6.40. The van der Waals surface area contributed by atoms with E-state index in [1.165, 1.54) is 43.2 Å². The summed E-state index contributed by atoms with van der Waals surface area (Å²) in [4.78, 5) is 14.9. The van der Waals surface area contributed by atoms with E-state index in [1.807, 2.05) is 0 Å². The molecule has 3 rings (SSSR count). The molecule has 106 valence electrons. The number of carbonyl (C=O) groups excluding carboxylic acids is 1. The van der Waals surface area contributed by atoms with E-state index in [-0.39, 0.29) is 5.54 Å². The van der Waals surface area contributed by atoms with Gasteiger partial charge in [-0.2, -0.15) is 4.99 Å². The molecular formula is C18H23NO. The van der Waals surface area contributed by atoms with Crippen molar-refractivity contribution >= 4 is 6.08 Å². The molecule has 1 aromatic rings. The quantitative estimate of drug-likeness (QED) is 0.570. The Hall–Kier alpha value is -1.40. The Balaban J connectivity index is 1.82. The zero-order chi connectivity index (χ0) is 13.8. The molecule has 0 radical (unpaired) electrons. The van der Waals surface area contributed by atoms with Crippen LogP contribution in [0.2, 0.25) is 0 Å². The molecule has 20 heavy (non-hydrogen) atoms. The molecule has 2 fully saturated rings. The van der Waals surface area contributed by atoms with Gasteiger partial charge in [-0.3, -0.25) is 0 Å². The standard InChI is InChI=1S/C18H23NO/c20-14-19-18(12-4-5-13-18)17-10-8-16(9-11-17)15-6-2-1-3-7-15/h8-11,15H,1-7,12-13H2. The first-order valence-electron chi connectivity index (χ1n) is 8.03. The molecule has 0 spiro atoms. The Morgan fingerprint density at radius 2 is 1.60 bits per heavy atom. The van der Waals surface area contributed by atoms with Gasteiger partial charge < -0.3 is 0 Å². The highest BCUT2D eigenvalue weighted by Gasteiger charge is 2.35. The van der Waals surface area contributed by atoms with Crippen molar-refractivity contribution in [2.24, 2.45) is 4.99 Å². The summed E-state index contributed by atoms with van der Waals surface area (Å²) in [6.07, 6.45) is 12.9. The molecular weight excluding hydrogens is 246 g/mol. The van der Waals surface area contributed by atoms with E-state index < -0.39 is 0 Å². The highest BCUT2D eigenvalue weighted by molar-refractivity contribution is 5.39. The van der Waals surface area contributed by atoms with E-state index in [1.54, 1.807) is 6.08 Å². The summed E-state index contributed by atoms with van der Waals surface area (Å²) < 4.78 is 0. The molecule has 2 saturated carbocycles. The van der Waals surface area contributed by atoms with Crippen LogP contribution in [0.5, 0.6) is 0 Å². The molecule has 0 unspecified atom stereocenters. The molecule has 0 bridgehead atoms. The first-order chi connectivity index (χ1) is 9.84. The average Bonchev–Trinajstić information content (AvgIpc) is 2.99. The molecule has 0 amide bonds. The number of rotatable bonds is 3. The molecule has 0 aromatic heterocycles. The molecule has 2 aliphatic carbocycles. The van der Waals surface area contributed by atoms with Crippen LogP contribution in [0, 0.1) is 0 Å². The smallest absolute Gasteiger partial charge is 0.211 e. The lowest BCUT2D eigenvalue weighted by Crippen LogP contribution is -2.19. The van der Waals surface area contributed by atoms with Crippen LogP contribution in [0.4, 0.5) is 0 Å². The van der Waals surface area contributed by atoms with Gasteiger partial charge in [0.15, 0.2) is 0 Å². The summed E-state index contributed by atoms with van der Waals surface area (Å²) in [5.41, 5.74) is 2.40. The molecule has 0 saturated heterocycles. The van der Waals surface area contributed by atoms with E-state index in [9.17, 15) is 4.79 Å². The summed E-state index contributed by atoms with van der Waals surface area (Å²) in [7, 11) is 0. The largest absolute Gasteiger partial charge is 0.235 e. The molecule has 0 heterocycles. The van der Waals surface area contributed by atoms with E-state index in [0.717, 1.165) is 31.6 Å². The number of aliphatic imine (C=N–C) groups is 1. The third-order valence-electron chi connectivity index (χ3n) is 5.21. The van der Waals surface area contributed by atoms with Gasteiger partial charge in [0, 0.05) is 0 Å². The number of nitrogens with zero attached hydrogens (tertiary/aromatic N) is 1. The van der Waals surface area contributed by atoms with Crippen molar-refractivity contribution in [2.75, 3.05) is 0 Å². The van der Waals surface area contributed by atoms with Gasteiger partial charge in [0.25, 0.3) is 0 Å². The lowest BCUT2D eigenvalue weighted by molar-refractivity contribution is 0.441. The zero-order valence-electron chi connectivity index (χ0n) is 12.1. The molecule has 2 nitrogen and oxygen atoms in total. The van der Waals surface area contributed by atoms with Crippen LogP contribution in [0.3, 0.4) is 0 Å². The monoisotopic (exact) mass is 269 g/mol. The van der Waals surface area contributed by atoms with Crippen LogP contribution in [0.15, 0.2) is 29.3 Å². The van der Waals surface area contributed by atoms with Gasteiger partial charge in [-0.25, -0.2) is 4.79 Å². The number of benzene rings is 1. The highest BCUT2D eigenvalue weighted by atomic mass is 16.1. The third-order valence-corrected chi connectivity index (χ3v) is 5.21. The molecule has 0 aliphatic heterocycles. The second kappa shape index (κ2) is 5.93. The molecule has 2 heteroatoms. The number of hydrogen-bond donors (Lipinski definition) is 0. The van der Waals surface area contributed by atoms with Crippen molar-refractivity contribution in [3.8, 4) is 0 Å². The summed E-state index contributed by atoms with van der Waals surface area (Å²) in [5, 5.41) is 0. The molecule has 0 atom stereocenters. The van der Waals surface area contributed by atoms with E-state index in [4.69, 9.17) is 0 Å². The van der Waals surface area contributed by atoms with Crippen LogP contribution in [-0.4, -0.2) is 6.08 Å². The molecule has 1 aromatic carbocycles. The number of isocyanates is 1. The van der Waals surface area contributed by atoms with Crippen molar-refractivity contribution in [3.05, 3.63) is 35.4 Å². The van der Waals surface area contributed by atoms with Gasteiger partial charge in [0.2, 0.25) is 6.08 Å². The van der Waals surface area contributed by atoms with Crippen molar-refractivity contribution in [2.45, 2.75) is 69.2 Å².